The normalized spacial score (nSPS) is 34.3. The molecule has 6 unspecified atom stereocenters. The summed E-state index contributed by atoms with van der Waals surface area (Å²) in [5, 5.41) is 0. The number of hydrogen-bond acceptors (Lipinski definition) is 7. The molecule has 14 heteroatoms. The van der Waals surface area contributed by atoms with Crippen LogP contribution in [0, 0.1) is 5.92 Å². The first kappa shape index (κ1) is 22.6. The third-order valence-electron chi connectivity index (χ3n) is 5.21. The Bertz CT molecular complexity index is 968. The lowest BCUT2D eigenvalue weighted by molar-refractivity contribution is -0.0571. The highest BCUT2D eigenvalue weighted by Gasteiger charge is 2.62. The van der Waals surface area contributed by atoms with Crippen LogP contribution in [0.5, 0.6) is 0 Å². The van der Waals surface area contributed by atoms with E-state index in [-0.39, 0.29) is 6.42 Å². The maximum Gasteiger partial charge on any atom is 0.331 e. The molecule has 2 aliphatic rings. The van der Waals surface area contributed by atoms with Gasteiger partial charge in [0.25, 0.3) is 5.56 Å². The molecular formula is C15H24N2O10P2. The second kappa shape index (κ2) is 7.86. The quantitative estimate of drug-likeness (QED) is 0.410. The van der Waals surface area contributed by atoms with Crippen molar-refractivity contribution in [2.45, 2.75) is 56.1 Å². The molecule has 0 amide bonds. The molecule has 1 saturated heterocycles. The summed E-state index contributed by atoms with van der Waals surface area (Å²) in [4.78, 5) is 54.8. The second-order valence-corrected chi connectivity index (χ2v) is 11.7. The number of ether oxygens (including phenoxy) is 2. The first-order valence-electron chi connectivity index (χ1n) is 8.92. The SMILES string of the molecule is COC1C(OP(=O)(O)C(C)C)C(C2C[C@H]2P(=O)(O)O)OC1n1ccc(=O)[nH]c1=O. The van der Waals surface area contributed by atoms with Crippen molar-refractivity contribution in [2.24, 2.45) is 5.92 Å². The van der Waals surface area contributed by atoms with Crippen molar-refractivity contribution < 1.29 is 37.8 Å². The number of hydrogen-bond donors (Lipinski definition) is 4. The van der Waals surface area contributed by atoms with E-state index >= 15 is 0 Å². The lowest BCUT2D eigenvalue weighted by atomic mass is 10.1. The van der Waals surface area contributed by atoms with E-state index < -0.39 is 68.2 Å². The molecule has 2 fully saturated rings. The van der Waals surface area contributed by atoms with Crippen LogP contribution in [-0.4, -0.2) is 61.0 Å². The van der Waals surface area contributed by atoms with Crippen molar-refractivity contribution in [3.63, 3.8) is 0 Å². The highest BCUT2D eigenvalue weighted by Crippen LogP contribution is 2.63. The lowest BCUT2D eigenvalue weighted by Crippen LogP contribution is -2.40. The zero-order valence-electron chi connectivity index (χ0n) is 15.9. The van der Waals surface area contributed by atoms with Gasteiger partial charge in [-0.1, -0.05) is 13.8 Å². The fraction of sp³-hybridized carbons (Fsp3) is 0.733. The van der Waals surface area contributed by atoms with E-state index in [1.165, 1.54) is 27.2 Å². The highest BCUT2D eigenvalue weighted by molar-refractivity contribution is 7.53. The topological polar surface area (TPSA) is 177 Å². The Kier molecular flexibility index (Phi) is 6.12. The van der Waals surface area contributed by atoms with Crippen molar-refractivity contribution in [1.29, 1.82) is 0 Å². The molecule has 29 heavy (non-hydrogen) atoms. The largest absolute Gasteiger partial charge is 0.374 e. The summed E-state index contributed by atoms with van der Waals surface area (Å²) in [5.74, 6) is -0.644. The van der Waals surface area contributed by atoms with Gasteiger partial charge in [-0.15, -0.1) is 0 Å². The maximum atomic E-state index is 12.5. The van der Waals surface area contributed by atoms with Gasteiger partial charge >= 0.3 is 20.9 Å². The first-order chi connectivity index (χ1) is 13.4. The van der Waals surface area contributed by atoms with Gasteiger partial charge in [0.05, 0.1) is 17.4 Å². The Hall–Kier alpha value is -1.10. The molecule has 3 rings (SSSR count). The Balaban J connectivity index is 1.99. The Labute approximate surface area is 165 Å². The molecule has 1 aromatic rings. The molecule has 0 radical (unpaired) electrons. The van der Waals surface area contributed by atoms with E-state index in [9.17, 15) is 33.4 Å². The van der Waals surface area contributed by atoms with Gasteiger partial charge in [-0.3, -0.25) is 28.0 Å². The number of methoxy groups -OCH3 is 1. The predicted octanol–water partition coefficient (Wildman–Crippen LogP) is -0.00580. The summed E-state index contributed by atoms with van der Waals surface area (Å²) >= 11 is 0. The zero-order chi connectivity index (χ0) is 21.7. The highest BCUT2D eigenvalue weighted by atomic mass is 31.2. The molecule has 12 nitrogen and oxygen atoms in total. The summed E-state index contributed by atoms with van der Waals surface area (Å²) in [7, 11) is -7.21. The molecule has 164 valence electrons. The molecule has 0 spiro atoms. The molecule has 1 saturated carbocycles. The number of rotatable bonds is 7. The van der Waals surface area contributed by atoms with E-state index in [1.807, 2.05) is 0 Å². The van der Waals surface area contributed by atoms with Crippen LogP contribution in [-0.2, 0) is 23.1 Å². The van der Waals surface area contributed by atoms with E-state index in [4.69, 9.17) is 14.0 Å². The standard InChI is InChI=1S/C15H24N2O10P2/c1-7(2)29(23,24)27-12-11(8-6-9(8)28(20,21)22)26-14(13(12)25-3)17-5-4-10(18)16-15(17)19/h4-5,7-9,11-14H,6H2,1-3H3,(H,23,24)(H,16,18,19)(H2,20,21,22)/t8?,9-,11?,12?,13?,14?/m1/s1. The summed E-state index contributed by atoms with van der Waals surface area (Å²) < 4.78 is 41.9. The van der Waals surface area contributed by atoms with Gasteiger partial charge in [0.1, 0.15) is 12.2 Å². The molecule has 1 aromatic heterocycles. The monoisotopic (exact) mass is 454 g/mol. The summed E-state index contributed by atoms with van der Waals surface area (Å²) in [6, 6.07) is 1.10. The molecular weight excluding hydrogens is 430 g/mol. The average molecular weight is 454 g/mol. The van der Waals surface area contributed by atoms with E-state index in [2.05, 4.69) is 4.98 Å². The van der Waals surface area contributed by atoms with E-state index in [0.717, 1.165) is 10.6 Å². The number of nitrogens with one attached hydrogen (secondary N) is 1. The van der Waals surface area contributed by atoms with Crippen molar-refractivity contribution in [1.82, 2.24) is 9.55 Å². The van der Waals surface area contributed by atoms with Crippen LogP contribution in [0.15, 0.2) is 21.9 Å². The van der Waals surface area contributed by atoms with Gasteiger partial charge in [-0.25, -0.2) is 4.79 Å². The summed E-state index contributed by atoms with van der Waals surface area (Å²) in [6.07, 6.45) is -3.02. The molecule has 7 atom stereocenters. The first-order valence-corrected chi connectivity index (χ1v) is 12.3. The summed E-state index contributed by atoms with van der Waals surface area (Å²) in [5.41, 5.74) is -3.13. The predicted molar refractivity (Wildman–Crippen MR) is 99.8 cm³/mol. The molecule has 1 aliphatic carbocycles. The van der Waals surface area contributed by atoms with Gasteiger partial charge in [0, 0.05) is 25.3 Å². The number of nitrogens with zero attached hydrogens (tertiary/aromatic N) is 1. The molecule has 2 heterocycles. The molecule has 1 aliphatic heterocycles. The maximum absolute atomic E-state index is 12.5. The third-order valence-corrected chi connectivity index (χ3v) is 8.52. The third kappa shape index (κ3) is 4.50. The van der Waals surface area contributed by atoms with Crippen molar-refractivity contribution in [2.75, 3.05) is 7.11 Å². The Morgan fingerprint density at radius 1 is 1.24 bits per heavy atom. The van der Waals surface area contributed by atoms with Crippen molar-refractivity contribution >= 4 is 15.2 Å². The smallest absolute Gasteiger partial charge is 0.331 e. The average Bonchev–Trinajstić information content (AvgIpc) is 3.32. The van der Waals surface area contributed by atoms with Crippen molar-refractivity contribution in [3.05, 3.63) is 33.1 Å². The Morgan fingerprint density at radius 3 is 2.38 bits per heavy atom. The zero-order valence-corrected chi connectivity index (χ0v) is 17.7. The minimum atomic E-state index is -4.39. The van der Waals surface area contributed by atoms with Crippen LogP contribution < -0.4 is 11.2 Å². The number of H-pyrrole nitrogens is 1. The second-order valence-electron chi connectivity index (χ2n) is 7.49. The van der Waals surface area contributed by atoms with Gasteiger partial charge in [0.2, 0.25) is 0 Å². The van der Waals surface area contributed by atoms with E-state index in [1.54, 1.807) is 0 Å². The van der Waals surface area contributed by atoms with Crippen LogP contribution in [0.3, 0.4) is 0 Å². The number of aromatic nitrogens is 2. The molecule has 0 aromatic carbocycles. The van der Waals surface area contributed by atoms with Crippen LogP contribution in [0.4, 0.5) is 0 Å². The van der Waals surface area contributed by atoms with Crippen molar-refractivity contribution in [3.8, 4) is 0 Å². The molecule has 0 bridgehead atoms. The van der Waals surface area contributed by atoms with Gasteiger partial charge in [0.15, 0.2) is 6.23 Å². The van der Waals surface area contributed by atoms with Gasteiger partial charge in [-0.2, -0.15) is 0 Å². The lowest BCUT2D eigenvalue weighted by Gasteiger charge is -2.27. The summed E-state index contributed by atoms with van der Waals surface area (Å²) in [6.45, 7) is 2.99. The van der Waals surface area contributed by atoms with Gasteiger partial charge < -0.3 is 24.2 Å². The van der Waals surface area contributed by atoms with E-state index in [0.29, 0.717) is 0 Å². The molecule has 4 N–H and O–H groups in total. The Morgan fingerprint density at radius 2 is 1.90 bits per heavy atom. The van der Waals surface area contributed by atoms with Gasteiger partial charge in [-0.05, 0) is 6.42 Å². The van der Waals surface area contributed by atoms with Crippen LogP contribution in [0.1, 0.15) is 26.5 Å². The fourth-order valence-corrected chi connectivity index (χ4v) is 5.49. The van der Waals surface area contributed by atoms with Crippen LogP contribution >= 0.6 is 15.2 Å². The van der Waals surface area contributed by atoms with Crippen LogP contribution in [0.25, 0.3) is 0 Å². The fourth-order valence-electron chi connectivity index (χ4n) is 3.47. The van der Waals surface area contributed by atoms with Crippen LogP contribution in [0.2, 0.25) is 0 Å². The number of aromatic amines is 1. The minimum absolute atomic E-state index is 0.135. The minimum Gasteiger partial charge on any atom is -0.374 e.